The van der Waals surface area contributed by atoms with Gasteiger partial charge >= 0.3 is 12.1 Å². The number of carbonyl (C=O) groups excluding carboxylic acids is 2. The number of carbonyl (C=O) groups is 2. The summed E-state index contributed by atoms with van der Waals surface area (Å²) in [5.41, 5.74) is -0.612. The minimum absolute atomic E-state index is 0.0188. The first kappa shape index (κ1) is 25.4. The van der Waals surface area contributed by atoms with Gasteiger partial charge in [0, 0.05) is 6.20 Å². The molecule has 1 atom stereocenters. The quantitative estimate of drug-likeness (QED) is 0.267. The van der Waals surface area contributed by atoms with E-state index in [9.17, 15) is 31.5 Å². The van der Waals surface area contributed by atoms with E-state index in [0.29, 0.717) is 6.26 Å². The number of pyridine rings is 1. The van der Waals surface area contributed by atoms with Gasteiger partial charge in [-0.15, -0.1) is 0 Å². The van der Waals surface area contributed by atoms with Gasteiger partial charge in [-0.2, -0.15) is 13.2 Å². The molecule has 0 aliphatic carbocycles. The van der Waals surface area contributed by atoms with Crippen LogP contribution in [0.15, 0.2) is 55.9 Å². The number of halogens is 5. The number of amides is 1. The van der Waals surface area contributed by atoms with Crippen molar-refractivity contribution >= 4 is 23.6 Å². The van der Waals surface area contributed by atoms with Crippen LogP contribution in [0.4, 0.5) is 22.0 Å². The Morgan fingerprint density at radius 1 is 1.14 bits per heavy atom. The smallest absolute Gasteiger partial charge is 0.391 e. The number of fused-ring (bicyclic) bond motifs is 1. The van der Waals surface area contributed by atoms with Crippen LogP contribution in [0.2, 0.25) is 0 Å². The van der Waals surface area contributed by atoms with Crippen molar-refractivity contribution in [1.82, 2.24) is 14.7 Å². The fourth-order valence-electron chi connectivity index (χ4n) is 3.18. The minimum Gasteiger partial charge on any atom is -0.485 e. The van der Waals surface area contributed by atoms with E-state index in [1.165, 1.54) is 34.9 Å². The van der Waals surface area contributed by atoms with Gasteiger partial charge in [-0.1, -0.05) is 19.2 Å². The zero-order chi connectivity index (χ0) is 25.8. The molecule has 35 heavy (non-hydrogen) atoms. The van der Waals surface area contributed by atoms with Gasteiger partial charge < -0.3 is 14.8 Å². The van der Waals surface area contributed by atoms with Crippen LogP contribution in [0.5, 0.6) is 5.75 Å². The fourth-order valence-corrected chi connectivity index (χ4v) is 3.18. The Bertz CT molecular complexity index is 1270. The Morgan fingerprint density at radius 3 is 2.43 bits per heavy atom. The number of imidazole rings is 1. The molecule has 1 amide bonds. The van der Waals surface area contributed by atoms with Gasteiger partial charge in [-0.3, -0.25) is 9.20 Å². The summed E-state index contributed by atoms with van der Waals surface area (Å²) in [7, 11) is 0. The van der Waals surface area contributed by atoms with Crippen molar-refractivity contribution in [2.75, 3.05) is 0 Å². The van der Waals surface area contributed by atoms with E-state index in [2.05, 4.69) is 22.9 Å². The molecule has 2 heterocycles. The van der Waals surface area contributed by atoms with Crippen LogP contribution in [0.25, 0.3) is 11.7 Å². The number of ether oxygens (including phenoxy) is 2. The predicted octanol–water partition coefficient (Wildman–Crippen LogP) is 4.57. The summed E-state index contributed by atoms with van der Waals surface area (Å²) in [6, 6.07) is 4.10. The summed E-state index contributed by atoms with van der Waals surface area (Å²) in [5, 5.41) is 1.99. The van der Waals surface area contributed by atoms with E-state index in [-0.39, 0.29) is 28.3 Å². The van der Waals surface area contributed by atoms with Crippen LogP contribution in [0, 0.1) is 11.6 Å². The first-order chi connectivity index (χ1) is 16.6. The van der Waals surface area contributed by atoms with Gasteiger partial charge in [0.2, 0.25) is 0 Å². The summed E-state index contributed by atoms with van der Waals surface area (Å²) in [4.78, 5) is 29.1. The molecule has 3 aromatic rings. The second-order valence-corrected chi connectivity index (χ2v) is 7.05. The maximum Gasteiger partial charge on any atom is 0.391 e. The number of benzene rings is 1. The molecular weight excluding hydrogens is 477 g/mol. The summed E-state index contributed by atoms with van der Waals surface area (Å²) >= 11 is 0. The molecule has 0 saturated heterocycles. The maximum atomic E-state index is 13.9. The van der Waals surface area contributed by atoms with Crippen molar-refractivity contribution < 1.29 is 41.0 Å². The first-order valence-electron chi connectivity index (χ1n) is 9.94. The van der Waals surface area contributed by atoms with Gasteiger partial charge in [-0.05, 0) is 30.3 Å². The SMILES string of the molecule is C=COC(=O)C(CC(F)(F)F)NC(=O)c1c(C=C)nc2c(OCc3c(F)cccc3F)cccn12. The van der Waals surface area contributed by atoms with E-state index in [1.54, 1.807) is 0 Å². The molecule has 7 nitrogen and oxygen atoms in total. The highest BCUT2D eigenvalue weighted by atomic mass is 19.4. The molecule has 0 aliphatic rings. The highest BCUT2D eigenvalue weighted by Gasteiger charge is 2.38. The van der Waals surface area contributed by atoms with Crippen LogP contribution < -0.4 is 10.1 Å². The maximum absolute atomic E-state index is 13.9. The Balaban J connectivity index is 1.95. The Labute approximate surface area is 195 Å². The zero-order valence-corrected chi connectivity index (χ0v) is 17.9. The molecule has 1 unspecified atom stereocenters. The predicted molar refractivity (Wildman–Crippen MR) is 114 cm³/mol. The lowest BCUT2D eigenvalue weighted by molar-refractivity contribution is -0.158. The van der Waals surface area contributed by atoms with Crippen molar-refractivity contribution in [2.24, 2.45) is 0 Å². The monoisotopic (exact) mass is 495 g/mol. The second kappa shape index (κ2) is 10.4. The molecule has 0 fully saturated rings. The lowest BCUT2D eigenvalue weighted by atomic mass is 10.2. The molecule has 0 aliphatic heterocycles. The van der Waals surface area contributed by atoms with E-state index in [0.717, 1.165) is 12.1 Å². The van der Waals surface area contributed by atoms with Gasteiger partial charge in [0.15, 0.2) is 11.4 Å². The van der Waals surface area contributed by atoms with Crippen molar-refractivity contribution in [2.45, 2.75) is 25.2 Å². The van der Waals surface area contributed by atoms with E-state index < -0.39 is 48.8 Å². The standard InChI is InChI=1S/C23H18F5N3O4/c1-3-16-19(21(32)30-17(11-23(26,27)28)22(33)34-4-2)31-10-6-9-18(20(31)29-16)35-12-13-14(24)7-5-8-15(13)25/h3-10,17H,1-2,11-12H2,(H,30,32). The largest absolute Gasteiger partial charge is 0.485 e. The molecule has 12 heteroatoms. The molecular formula is C23H18F5N3O4. The lowest BCUT2D eigenvalue weighted by Gasteiger charge is -2.18. The summed E-state index contributed by atoms with van der Waals surface area (Å²) in [6.07, 6.45) is -3.30. The van der Waals surface area contributed by atoms with Crippen LogP contribution in [-0.4, -0.2) is 33.5 Å². The molecule has 0 spiro atoms. The van der Waals surface area contributed by atoms with E-state index in [4.69, 9.17) is 4.74 Å². The Hall–Kier alpha value is -4.22. The number of hydrogen-bond donors (Lipinski definition) is 1. The van der Waals surface area contributed by atoms with E-state index in [1.807, 2.05) is 5.32 Å². The van der Waals surface area contributed by atoms with Crippen molar-refractivity contribution in [1.29, 1.82) is 0 Å². The Morgan fingerprint density at radius 2 is 1.83 bits per heavy atom. The third-order valence-corrected chi connectivity index (χ3v) is 4.71. The average Bonchev–Trinajstić information content (AvgIpc) is 3.17. The third-order valence-electron chi connectivity index (χ3n) is 4.71. The van der Waals surface area contributed by atoms with Crippen molar-refractivity contribution in [3.05, 3.63) is 84.5 Å². The molecule has 1 N–H and O–H groups in total. The molecule has 0 radical (unpaired) electrons. The minimum atomic E-state index is -4.79. The number of nitrogens with zero attached hydrogens (tertiary/aromatic N) is 2. The van der Waals surface area contributed by atoms with Crippen molar-refractivity contribution in [3.63, 3.8) is 0 Å². The number of aromatic nitrogens is 2. The highest BCUT2D eigenvalue weighted by Crippen LogP contribution is 2.26. The Kier molecular flexibility index (Phi) is 7.52. The topological polar surface area (TPSA) is 81.9 Å². The normalized spacial score (nSPS) is 12.1. The van der Waals surface area contributed by atoms with Gasteiger partial charge in [0.05, 0.1) is 23.9 Å². The second-order valence-electron chi connectivity index (χ2n) is 7.05. The van der Waals surface area contributed by atoms with Crippen molar-refractivity contribution in [3.8, 4) is 5.75 Å². The summed E-state index contributed by atoms with van der Waals surface area (Å²) in [5.74, 6) is -4.07. The molecule has 2 aromatic heterocycles. The van der Waals surface area contributed by atoms with Gasteiger partial charge in [0.25, 0.3) is 5.91 Å². The van der Waals surface area contributed by atoms with Gasteiger partial charge in [-0.25, -0.2) is 18.6 Å². The highest BCUT2D eigenvalue weighted by molar-refractivity contribution is 5.99. The average molecular weight is 495 g/mol. The number of rotatable bonds is 9. The number of nitrogens with one attached hydrogen (secondary N) is 1. The number of hydrogen-bond acceptors (Lipinski definition) is 5. The molecule has 1 aromatic carbocycles. The molecule has 0 saturated carbocycles. The summed E-state index contributed by atoms with van der Waals surface area (Å²) in [6.45, 7) is 6.15. The number of esters is 1. The lowest BCUT2D eigenvalue weighted by Crippen LogP contribution is -2.44. The molecule has 0 bridgehead atoms. The zero-order valence-electron chi connectivity index (χ0n) is 17.9. The van der Waals surface area contributed by atoms with Crippen LogP contribution >= 0.6 is 0 Å². The number of alkyl halides is 3. The molecule has 184 valence electrons. The molecule has 3 rings (SSSR count). The van der Waals surface area contributed by atoms with Crippen LogP contribution in [0.3, 0.4) is 0 Å². The van der Waals surface area contributed by atoms with Gasteiger partial charge in [0.1, 0.15) is 30.0 Å². The van der Waals surface area contributed by atoms with E-state index >= 15 is 0 Å². The fraction of sp³-hybridized carbons (Fsp3) is 0.174. The first-order valence-corrected chi connectivity index (χ1v) is 9.94. The summed E-state index contributed by atoms with van der Waals surface area (Å²) < 4.78 is 77.8. The van der Waals surface area contributed by atoms with Crippen LogP contribution in [0.1, 0.15) is 28.2 Å². The third kappa shape index (κ3) is 5.83. The van der Waals surface area contributed by atoms with Crippen LogP contribution in [-0.2, 0) is 16.1 Å².